The van der Waals surface area contributed by atoms with Crippen LogP contribution in [0.5, 0.6) is 0 Å². The standard InChI is InChI=1S/C11H19N3OS/c1-13-4-6-14(7-5-13)12-9-10(15)11-3-2-8-16-11/h2-3,8,10,12,15H,4-7,9H2,1H3. The minimum Gasteiger partial charge on any atom is -0.386 e. The Morgan fingerprint density at radius 3 is 2.81 bits per heavy atom. The van der Waals surface area contributed by atoms with Gasteiger partial charge in [-0.1, -0.05) is 6.07 Å². The molecule has 2 rings (SSSR count). The number of hydrazine groups is 1. The molecule has 1 atom stereocenters. The van der Waals surface area contributed by atoms with Crippen LogP contribution in [-0.4, -0.2) is 54.8 Å². The number of aliphatic hydroxyl groups is 1. The van der Waals surface area contributed by atoms with Crippen molar-refractivity contribution in [3.8, 4) is 0 Å². The zero-order valence-electron chi connectivity index (χ0n) is 9.59. The van der Waals surface area contributed by atoms with Crippen molar-refractivity contribution in [3.05, 3.63) is 22.4 Å². The maximum absolute atomic E-state index is 9.90. The lowest BCUT2D eigenvalue weighted by Gasteiger charge is -2.33. The van der Waals surface area contributed by atoms with Crippen molar-refractivity contribution in [1.29, 1.82) is 0 Å². The fraction of sp³-hybridized carbons (Fsp3) is 0.636. The first-order valence-corrected chi connectivity index (χ1v) is 6.52. The molecule has 16 heavy (non-hydrogen) atoms. The summed E-state index contributed by atoms with van der Waals surface area (Å²) in [5.41, 5.74) is 3.29. The summed E-state index contributed by atoms with van der Waals surface area (Å²) in [5.74, 6) is 0. The van der Waals surface area contributed by atoms with E-state index >= 15 is 0 Å². The van der Waals surface area contributed by atoms with E-state index in [-0.39, 0.29) is 6.10 Å². The second-order valence-electron chi connectivity index (χ2n) is 4.18. The predicted molar refractivity (Wildman–Crippen MR) is 66.4 cm³/mol. The number of thiophene rings is 1. The van der Waals surface area contributed by atoms with E-state index in [1.807, 2.05) is 17.5 Å². The molecule has 0 spiro atoms. The Hall–Kier alpha value is -0.460. The van der Waals surface area contributed by atoms with E-state index in [0.29, 0.717) is 6.54 Å². The summed E-state index contributed by atoms with van der Waals surface area (Å²) in [6, 6.07) is 3.94. The van der Waals surface area contributed by atoms with Gasteiger partial charge in [0, 0.05) is 37.6 Å². The van der Waals surface area contributed by atoms with Gasteiger partial charge in [-0.05, 0) is 18.5 Å². The van der Waals surface area contributed by atoms with E-state index in [1.165, 1.54) is 0 Å². The molecule has 1 aromatic heterocycles. The van der Waals surface area contributed by atoms with E-state index < -0.39 is 0 Å². The Balaban J connectivity index is 1.71. The summed E-state index contributed by atoms with van der Waals surface area (Å²) in [6.07, 6.45) is -0.389. The SMILES string of the molecule is CN1CCN(NCC(O)c2cccs2)CC1. The Kier molecular flexibility index (Phi) is 4.31. The maximum atomic E-state index is 9.90. The van der Waals surface area contributed by atoms with Crippen molar-refractivity contribution in [2.75, 3.05) is 39.8 Å². The van der Waals surface area contributed by atoms with Gasteiger partial charge in [-0.2, -0.15) is 0 Å². The average molecular weight is 241 g/mol. The van der Waals surface area contributed by atoms with Crippen LogP contribution in [0.1, 0.15) is 11.0 Å². The lowest BCUT2D eigenvalue weighted by atomic mass is 10.3. The molecule has 0 amide bonds. The number of nitrogens with zero attached hydrogens (tertiary/aromatic N) is 2. The first-order valence-electron chi connectivity index (χ1n) is 5.64. The molecule has 0 bridgehead atoms. The summed E-state index contributed by atoms with van der Waals surface area (Å²) in [5, 5.41) is 14.1. The number of piperazine rings is 1. The van der Waals surface area contributed by atoms with Crippen molar-refractivity contribution >= 4 is 11.3 Å². The Labute approximate surface area is 100 Å². The van der Waals surface area contributed by atoms with Gasteiger partial charge in [-0.25, -0.2) is 5.01 Å². The molecule has 1 unspecified atom stereocenters. The largest absolute Gasteiger partial charge is 0.386 e. The van der Waals surface area contributed by atoms with Crippen molar-refractivity contribution in [3.63, 3.8) is 0 Å². The fourth-order valence-electron chi connectivity index (χ4n) is 1.76. The first-order chi connectivity index (χ1) is 7.75. The highest BCUT2D eigenvalue weighted by molar-refractivity contribution is 7.10. The van der Waals surface area contributed by atoms with E-state index in [2.05, 4.69) is 22.4 Å². The van der Waals surface area contributed by atoms with Gasteiger partial charge in [0.1, 0.15) is 6.10 Å². The molecule has 5 heteroatoms. The summed E-state index contributed by atoms with van der Waals surface area (Å²) >= 11 is 1.60. The highest BCUT2D eigenvalue weighted by atomic mass is 32.1. The number of hydrogen-bond donors (Lipinski definition) is 2. The fourth-order valence-corrected chi connectivity index (χ4v) is 2.47. The van der Waals surface area contributed by atoms with Gasteiger partial charge < -0.3 is 10.0 Å². The highest BCUT2D eigenvalue weighted by Gasteiger charge is 2.15. The molecule has 0 saturated carbocycles. The third-order valence-corrected chi connectivity index (χ3v) is 3.86. The molecule has 0 aliphatic carbocycles. The van der Waals surface area contributed by atoms with Crippen LogP contribution < -0.4 is 5.43 Å². The molecule has 1 saturated heterocycles. The Bertz CT molecular complexity index is 296. The first kappa shape index (κ1) is 12.0. The second kappa shape index (κ2) is 5.75. The summed E-state index contributed by atoms with van der Waals surface area (Å²) in [6.45, 7) is 4.82. The molecule has 1 aliphatic heterocycles. The quantitative estimate of drug-likeness (QED) is 0.807. The van der Waals surface area contributed by atoms with E-state index in [0.717, 1.165) is 31.1 Å². The van der Waals surface area contributed by atoms with Gasteiger partial charge in [0.15, 0.2) is 0 Å². The van der Waals surface area contributed by atoms with E-state index in [1.54, 1.807) is 11.3 Å². The van der Waals surface area contributed by atoms with Gasteiger partial charge in [0.25, 0.3) is 0 Å². The Morgan fingerprint density at radius 2 is 2.19 bits per heavy atom. The van der Waals surface area contributed by atoms with Crippen LogP contribution in [0.4, 0.5) is 0 Å². The third-order valence-electron chi connectivity index (χ3n) is 2.88. The monoisotopic (exact) mass is 241 g/mol. The van der Waals surface area contributed by atoms with Gasteiger partial charge in [-0.15, -0.1) is 11.3 Å². The van der Waals surface area contributed by atoms with Crippen LogP contribution in [0, 0.1) is 0 Å². The van der Waals surface area contributed by atoms with Crippen LogP contribution >= 0.6 is 11.3 Å². The smallest absolute Gasteiger partial charge is 0.102 e. The van der Waals surface area contributed by atoms with Gasteiger partial charge in [-0.3, -0.25) is 5.43 Å². The summed E-state index contributed by atoms with van der Waals surface area (Å²) in [7, 11) is 2.14. The molecule has 0 radical (unpaired) electrons. The van der Waals surface area contributed by atoms with Gasteiger partial charge >= 0.3 is 0 Å². The molecule has 4 nitrogen and oxygen atoms in total. The summed E-state index contributed by atoms with van der Waals surface area (Å²) in [4.78, 5) is 3.34. The van der Waals surface area contributed by atoms with E-state index in [4.69, 9.17) is 0 Å². The van der Waals surface area contributed by atoms with E-state index in [9.17, 15) is 5.11 Å². The third kappa shape index (κ3) is 3.26. The summed E-state index contributed by atoms with van der Waals surface area (Å²) < 4.78 is 0. The van der Waals surface area contributed by atoms with Crippen molar-refractivity contribution in [2.24, 2.45) is 0 Å². The molecule has 90 valence electrons. The minimum atomic E-state index is -0.389. The van der Waals surface area contributed by atoms with Crippen LogP contribution in [0.3, 0.4) is 0 Å². The predicted octanol–water partition coefficient (Wildman–Crippen LogP) is 0.533. The van der Waals surface area contributed by atoms with Crippen LogP contribution in [0.25, 0.3) is 0 Å². The molecular weight excluding hydrogens is 222 g/mol. The zero-order chi connectivity index (χ0) is 11.4. The molecular formula is C11H19N3OS. The maximum Gasteiger partial charge on any atom is 0.102 e. The van der Waals surface area contributed by atoms with Crippen molar-refractivity contribution in [2.45, 2.75) is 6.10 Å². The number of rotatable bonds is 4. The number of aliphatic hydroxyl groups excluding tert-OH is 1. The van der Waals surface area contributed by atoms with Crippen LogP contribution in [0.15, 0.2) is 17.5 Å². The molecule has 1 fully saturated rings. The topological polar surface area (TPSA) is 38.7 Å². The van der Waals surface area contributed by atoms with Crippen LogP contribution in [-0.2, 0) is 0 Å². The van der Waals surface area contributed by atoms with Crippen molar-refractivity contribution in [1.82, 2.24) is 15.3 Å². The van der Waals surface area contributed by atoms with Gasteiger partial charge in [0.2, 0.25) is 0 Å². The normalized spacial score (nSPS) is 21.1. The second-order valence-corrected chi connectivity index (χ2v) is 5.16. The average Bonchev–Trinajstić information content (AvgIpc) is 2.81. The molecule has 1 aromatic rings. The minimum absolute atomic E-state index is 0.389. The molecule has 0 aromatic carbocycles. The lowest BCUT2D eigenvalue weighted by Crippen LogP contribution is -2.51. The zero-order valence-corrected chi connectivity index (χ0v) is 10.4. The molecule has 2 heterocycles. The Morgan fingerprint density at radius 1 is 1.44 bits per heavy atom. The van der Waals surface area contributed by atoms with Gasteiger partial charge in [0.05, 0.1) is 0 Å². The highest BCUT2D eigenvalue weighted by Crippen LogP contribution is 2.17. The number of nitrogens with one attached hydrogen (secondary N) is 1. The number of likely N-dealkylation sites (N-methyl/N-ethyl adjacent to an activating group) is 1. The lowest BCUT2D eigenvalue weighted by molar-refractivity contribution is 0.0753. The number of hydrogen-bond acceptors (Lipinski definition) is 5. The molecule has 2 N–H and O–H groups in total. The van der Waals surface area contributed by atoms with Crippen molar-refractivity contribution < 1.29 is 5.11 Å². The van der Waals surface area contributed by atoms with Crippen LogP contribution in [0.2, 0.25) is 0 Å². The molecule has 1 aliphatic rings.